The van der Waals surface area contributed by atoms with Crippen molar-refractivity contribution in [2.75, 3.05) is 24.1 Å². The number of carbonyl (C=O) groups excluding carboxylic acids is 1. The van der Waals surface area contributed by atoms with Gasteiger partial charge in [0.25, 0.3) is 5.95 Å². The van der Waals surface area contributed by atoms with E-state index in [4.69, 9.17) is 11.5 Å². The topological polar surface area (TPSA) is 163 Å². The van der Waals surface area contributed by atoms with E-state index in [1.54, 1.807) is 0 Å². The van der Waals surface area contributed by atoms with Crippen LogP contribution in [0.25, 0.3) is 5.95 Å². The summed E-state index contributed by atoms with van der Waals surface area (Å²) in [6.07, 6.45) is 2.79. The number of hydrogen-bond donors (Lipinski definition) is 4. The van der Waals surface area contributed by atoms with Crippen LogP contribution >= 0.6 is 0 Å². The number of primary amides is 1. The summed E-state index contributed by atoms with van der Waals surface area (Å²) in [5.74, 6) is 0.561. The summed E-state index contributed by atoms with van der Waals surface area (Å²) in [6, 6.07) is -0.597. The number of amides is 2. The zero-order valence-corrected chi connectivity index (χ0v) is 9.82. The molecule has 11 heteroatoms. The first-order valence-corrected chi connectivity index (χ1v) is 5.29. The Morgan fingerprint density at radius 2 is 2.16 bits per heavy atom. The van der Waals surface area contributed by atoms with Gasteiger partial charge in [0.15, 0.2) is 0 Å². The van der Waals surface area contributed by atoms with Crippen molar-refractivity contribution >= 4 is 17.9 Å². The molecular formula is C8H12N10O. The maximum Gasteiger partial charge on any atom is 0.312 e. The molecule has 2 aromatic heterocycles. The minimum atomic E-state index is -0.597. The van der Waals surface area contributed by atoms with E-state index in [1.165, 1.54) is 17.3 Å². The fraction of sp³-hybridized carbons (Fsp3) is 0.250. The molecule has 2 amide bonds. The summed E-state index contributed by atoms with van der Waals surface area (Å²) in [7, 11) is 0. The van der Waals surface area contributed by atoms with Crippen LogP contribution in [-0.4, -0.2) is 48.8 Å². The summed E-state index contributed by atoms with van der Waals surface area (Å²) in [6.45, 7) is 0.725. The van der Waals surface area contributed by atoms with Crippen molar-refractivity contribution in [3.63, 3.8) is 0 Å². The number of nitrogens with zero attached hydrogens (tertiary/aromatic N) is 6. The molecule has 0 bridgehead atoms. The molecule has 2 aromatic rings. The molecule has 0 aromatic carbocycles. The lowest BCUT2D eigenvalue weighted by molar-refractivity contribution is 0.249. The Bertz CT molecular complexity index is 553. The van der Waals surface area contributed by atoms with Gasteiger partial charge < -0.3 is 22.1 Å². The van der Waals surface area contributed by atoms with Crippen molar-refractivity contribution in [2.45, 2.75) is 0 Å². The molecule has 6 N–H and O–H groups in total. The van der Waals surface area contributed by atoms with Crippen LogP contribution in [0.2, 0.25) is 0 Å². The molecule has 0 unspecified atom stereocenters. The Balaban J connectivity index is 2.03. The van der Waals surface area contributed by atoms with Gasteiger partial charge in [-0.2, -0.15) is 24.7 Å². The van der Waals surface area contributed by atoms with Gasteiger partial charge in [-0.05, 0) is 0 Å². The molecule has 2 heterocycles. The average molecular weight is 264 g/mol. The molecule has 11 nitrogen and oxygen atoms in total. The van der Waals surface area contributed by atoms with Crippen molar-refractivity contribution in [3.8, 4) is 5.95 Å². The Hall–Kier alpha value is -2.98. The number of nitrogens with two attached hydrogens (primary N) is 2. The summed E-state index contributed by atoms with van der Waals surface area (Å²) < 4.78 is 1.35. The zero-order chi connectivity index (χ0) is 13.7. The summed E-state index contributed by atoms with van der Waals surface area (Å²) in [5, 5.41) is 9.17. The van der Waals surface area contributed by atoms with Gasteiger partial charge in [-0.25, -0.2) is 9.78 Å². The fourth-order valence-corrected chi connectivity index (χ4v) is 1.23. The van der Waals surface area contributed by atoms with Gasteiger partial charge in [0, 0.05) is 13.1 Å². The van der Waals surface area contributed by atoms with E-state index >= 15 is 0 Å². The number of aromatic nitrogens is 6. The summed E-state index contributed by atoms with van der Waals surface area (Å²) in [5.41, 5.74) is 10.5. The van der Waals surface area contributed by atoms with Crippen LogP contribution in [0.4, 0.5) is 16.7 Å². The van der Waals surface area contributed by atoms with E-state index in [-0.39, 0.29) is 17.8 Å². The highest BCUT2D eigenvalue weighted by Gasteiger charge is 2.06. The molecule has 0 radical (unpaired) electrons. The average Bonchev–Trinajstić information content (AvgIpc) is 2.87. The minimum Gasteiger partial charge on any atom is -0.368 e. The van der Waals surface area contributed by atoms with Crippen molar-refractivity contribution in [2.24, 2.45) is 5.73 Å². The van der Waals surface area contributed by atoms with E-state index in [0.717, 1.165) is 0 Å². The quantitative estimate of drug-likeness (QED) is 0.455. The summed E-state index contributed by atoms with van der Waals surface area (Å²) in [4.78, 5) is 26.2. The van der Waals surface area contributed by atoms with E-state index in [0.29, 0.717) is 13.1 Å². The lowest BCUT2D eigenvalue weighted by Gasteiger charge is -2.06. The lowest BCUT2D eigenvalue weighted by Crippen LogP contribution is -2.33. The number of carbonyl (C=O) groups is 1. The third-order valence-corrected chi connectivity index (χ3v) is 1.97. The number of nitrogens with one attached hydrogen (secondary N) is 2. The van der Waals surface area contributed by atoms with Gasteiger partial charge in [-0.1, -0.05) is 0 Å². The predicted octanol–water partition coefficient (Wildman–Crippen LogP) is -1.89. The number of rotatable bonds is 5. The normalized spacial score (nSPS) is 10.1. The number of nitrogen functional groups attached to an aromatic ring is 1. The first-order valence-electron chi connectivity index (χ1n) is 5.29. The largest absolute Gasteiger partial charge is 0.368 e. The molecule has 0 fully saturated rings. The maximum atomic E-state index is 10.5. The van der Waals surface area contributed by atoms with Crippen LogP contribution in [0.3, 0.4) is 0 Å². The molecule has 100 valence electrons. The number of anilines is 2. The second kappa shape index (κ2) is 5.57. The molecule has 0 spiro atoms. The highest BCUT2D eigenvalue weighted by molar-refractivity contribution is 5.71. The van der Waals surface area contributed by atoms with Crippen molar-refractivity contribution in [1.29, 1.82) is 0 Å². The van der Waals surface area contributed by atoms with E-state index < -0.39 is 6.03 Å². The predicted molar refractivity (Wildman–Crippen MR) is 65.2 cm³/mol. The molecule has 0 atom stereocenters. The molecule has 0 aliphatic heterocycles. The molecule has 0 aliphatic rings. The Morgan fingerprint density at radius 3 is 2.84 bits per heavy atom. The van der Waals surface area contributed by atoms with Crippen molar-refractivity contribution < 1.29 is 4.79 Å². The smallest absolute Gasteiger partial charge is 0.312 e. The number of hydrogen-bond acceptors (Lipinski definition) is 8. The molecule has 2 rings (SSSR count). The van der Waals surface area contributed by atoms with Gasteiger partial charge in [0.05, 0.1) is 0 Å². The van der Waals surface area contributed by atoms with Gasteiger partial charge in [0.2, 0.25) is 11.9 Å². The first-order chi connectivity index (χ1) is 9.15. The van der Waals surface area contributed by atoms with E-state index in [9.17, 15) is 4.79 Å². The molecule has 0 saturated carbocycles. The van der Waals surface area contributed by atoms with Crippen LogP contribution in [0, 0.1) is 0 Å². The van der Waals surface area contributed by atoms with Crippen molar-refractivity contribution in [3.05, 3.63) is 12.7 Å². The first kappa shape index (κ1) is 12.5. The molecular weight excluding hydrogens is 252 g/mol. The van der Waals surface area contributed by atoms with Crippen LogP contribution in [0.1, 0.15) is 0 Å². The standard InChI is InChI=1S/C8H12N10O/c9-5-15-7(13-2-1-12-6(10)19)17-8(16-5)18-4-11-3-14-18/h3-4H,1-2H2,(H3,10,12,19)(H3,9,13,15,16,17). The molecule has 19 heavy (non-hydrogen) atoms. The van der Waals surface area contributed by atoms with Gasteiger partial charge in [0.1, 0.15) is 12.7 Å². The third-order valence-electron chi connectivity index (χ3n) is 1.97. The summed E-state index contributed by atoms with van der Waals surface area (Å²) >= 11 is 0. The monoisotopic (exact) mass is 264 g/mol. The van der Waals surface area contributed by atoms with Crippen LogP contribution < -0.4 is 22.1 Å². The third kappa shape index (κ3) is 3.49. The van der Waals surface area contributed by atoms with Crippen molar-refractivity contribution in [1.82, 2.24) is 35.0 Å². The fourth-order valence-electron chi connectivity index (χ4n) is 1.23. The highest BCUT2D eigenvalue weighted by atomic mass is 16.2. The Kier molecular flexibility index (Phi) is 3.66. The second-order valence-electron chi connectivity index (χ2n) is 3.38. The Morgan fingerprint density at radius 1 is 1.32 bits per heavy atom. The Labute approximate surface area is 107 Å². The van der Waals surface area contributed by atoms with Gasteiger partial charge in [-0.15, -0.1) is 0 Å². The van der Waals surface area contributed by atoms with Gasteiger partial charge >= 0.3 is 6.03 Å². The zero-order valence-electron chi connectivity index (χ0n) is 9.82. The van der Waals surface area contributed by atoms with Crippen LogP contribution in [-0.2, 0) is 0 Å². The molecule has 0 saturated heterocycles. The minimum absolute atomic E-state index is 0.0471. The second-order valence-corrected chi connectivity index (χ2v) is 3.38. The maximum absolute atomic E-state index is 10.5. The number of urea groups is 1. The van der Waals surface area contributed by atoms with E-state index in [2.05, 4.69) is 35.7 Å². The molecule has 0 aliphatic carbocycles. The van der Waals surface area contributed by atoms with Gasteiger partial charge in [-0.3, -0.25) is 0 Å². The lowest BCUT2D eigenvalue weighted by atomic mass is 10.6. The highest BCUT2D eigenvalue weighted by Crippen LogP contribution is 2.04. The SMILES string of the molecule is NC(=O)NCCNc1nc(N)nc(-n2cncn2)n1. The van der Waals surface area contributed by atoms with Crippen LogP contribution in [0.5, 0.6) is 0 Å². The van der Waals surface area contributed by atoms with E-state index in [1.807, 2.05) is 0 Å². The van der Waals surface area contributed by atoms with Crippen LogP contribution in [0.15, 0.2) is 12.7 Å².